The molecule has 1 atom stereocenters. The van der Waals surface area contributed by atoms with Crippen molar-refractivity contribution < 1.29 is 0 Å². The minimum absolute atomic E-state index is 0.699. The maximum absolute atomic E-state index is 3.44. The van der Waals surface area contributed by atoms with Crippen molar-refractivity contribution in [2.24, 2.45) is 5.41 Å². The summed E-state index contributed by atoms with van der Waals surface area (Å²) in [5.74, 6) is 0. The minimum atomic E-state index is 0.699. The molecule has 2 aliphatic rings. The molecule has 0 bridgehead atoms. The Hall–Kier alpha value is -0.0800. The summed E-state index contributed by atoms with van der Waals surface area (Å²) in [4.78, 5) is 2.56. The SMILES string of the molecule is CCN1CC(NC)C2(CC2)C1. The molecular weight excluding hydrogens is 136 g/mol. The van der Waals surface area contributed by atoms with Crippen LogP contribution in [0.15, 0.2) is 0 Å². The van der Waals surface area contributed by atoms with Gasteiger partial charge in [-0.05, 0) is 31.8 Å². The van der Waals surface area contributed by atoms with Crippen LogP contribution in [0.4, 0.5) is 0 Å². The maximum atomic E-state index is 3.44. The van der Waals surface area contributed by atoms with Gasteiger partial charge in [0.05, 0.1) is 0 Å². The molecule has 0 aromatic carbocycles. The Labute approximate surface area is 69.0 Å². The first-order chi connectivity index (χ1) is 5.30. The zero-order valence-corrected chi connectivity index (χ0v) is 7.56. The van der Waals surface area contributed by atoms with Crippen LogP contribution in [0.5, 0.6) is 0 Å². The van der Waals surface area contributed by atoms with Crippen molar-refractivity contribution >= 4 is 0 Å². The number of nitrogens with one attached hydrogen (secondary N) is 1. The van der Waals surface area contributed by atoms with Crippen LogP contribution in [0.3, 0.4) is 0 Å². The first-order valence-electron chi connectivity index (χ1n) is 4.70. The largest absolute Gasteiger partial charge is 0.315 e. The van der Waals surface area contributed by atoms with Crippen molar-refractivity contribution in [3.8, 4) is 0 Å². The van der Waals surface area contributed by atoms with E-state index in [4.69, 9.17) is 0 Å². The van der Waals surface area contributed by atoms with Gasteiger partial charge in [0.25, 0.3) is 0 Å². The van der Waals surface area contributed by atoms with E-state index in [9.17, 15) is 0 Å². The van der Waals surface area contributed by atoms with Crippen LogP contribution in [0.25, 0.3) is 0 Å². The van der Waals surface area contributed by atoms with Crippen LogP contribution in [-0.2, 0) is 0 Å². The van der Waals surface area contributed by atoms with Crippen LogP contribution in [0, 0.1) is 5.41 Å². The van der Waals surface area contributed by atoms with Gasteiger partial charge in [-0.1, -0.05) is 6.92 Å². The summed E-state index contributed by atoms with van der Waals surface area (Å²) < 4.78 is 0. The standard InChI is InChI=1S/C9H18N2/c1-3-11-6-8(10-2)9(7-11)4-5-9/h8,10H,3-7H2,1-2H3. The fraction of sp³-hybridized carbons (Fsp3) is 1.00. The lowest BCUT2D eigenvalue weighted by Gasteiger charge is -2.14. The Morgan fingerprint density at radius 2 is 2.27 bits per heavy atom. The van der Waals surface area contributed by atoms with Crippen molar-refractivity contribution in [2.45, 2.75) is 25.8 Å². The zero-order chi connectivity index (χ0) is 7.90. The van der Waals surface area contributed by atoms with E-state index in [0.29, 0.717) is 5.41 Å². The minimum Gasteiger partial charge on any atom is -0.315 e. The van der Waals surface area contributed by atoms with Crippen molar-refractivity contribution in [3.63, 3.8) is 0 Å². The summed E-state index contributed by atoms with van der Waals surface area (Å²) in [7, 11) is 2.10. The first-order valence-corrected chi connectivity index (χ1v) is 4.70. The Bertz CT molecular complexity index is 152. The van der Waals surface area contributed by atoms with E-state index >= 15 is 0 Å². The average Bonchev–Trinajstić information content (AvgIpc) is 2.66. The molecule has 1 unspecified atom stereocenters. The molecule has 2 heteroatoms. The van der Waals surface area contributed by atoms with E-state index in [1.54, 1.807) is 0 Å². The molecule has 0 amide bonds. The molecule has 1 saturated heterocycles. The van der Waals surface area contributed by atoms with Gasteiger partial charge in [-0.15, -0.1) is 0 Å². The molecule has 0 radical (unpaired) electrons. The van der Waals surface area contributed by atoms with E-state index in [2.05, 4.69) is 24.2 Å². The molecule has 1 aliphatic carbocycles. The molecule has 2 rings (SSSR count). The predicted molar refractivity (Wildman–Crippen MR) is 46.6 cm³/mol. The van der Waals surface area contributed by atoms with Crippen LogP contribution in [0.1, 0.15) is 19.8 Å². The van der Waals surface area contributed by atoms with Gasteiger partial charge in [-0.2, -0.15) is 0 Å². The Balaban J connectivity index is 2.01. The number of likely N-dealkylation sites (tertiary alicyclic amines) is 1. The highest BCUT2D eigenvalue weighted by atomic mass is 15.2. The quantitative estimate of drug-likeness (QED) is 0.629. The first kappa shape index (κ1) is 7.56. The Kier molecular flexibility index (Phi) is 1.69. The maximum Gasteiger partial charge on any atom is 0.0260 e. The number of likely N-dealkylation sites (N-methyl/N-ethyl adjacent to an activating group) is 2. The Morgan fingerprint density at radius 1 is 1.55 bits per heavy atom. The molecule has 1 spiro atoms. The number of hydrogen-bond donors (Lipinski definition) is 1. The van der Waals surface area contributed by atoms with Crippen LogP contribution in [0.2, 0.25) is 0 Å². The predicted octanol–water partition coefficient (Wildman–Crippen LogP) is 0.690. The van der Waals surface area contributed by atoms with Gasteiger partial charge in [0.15, 0.2) is 0 Å². The van der Waals surface area contributed by atoms with Gasteiger partial charge in [0, 0.05) is 19.1 Å². The molecule has 11 heavy (non-hydrogen) atoms. The summed E-state index contributed by atoms with van der Waals surface area (Å²) in [6.45, 7) is 6.09. The van der Waals surface area contributed by atoms with Gasteiger partial charge in [-0.3, -0.25) is 0 Å². The number of hydrogen-bond acceptors (Lipinski definition) is 2. The third-order valence-electron chi connectivity index (χ3n) is 3.41. The lowest BCUT2D eigenvalue weighted by atomic mass is 10.0. The molecule has 2 nitrogen and oxygen atoms in total. The van der Waals surface area contributed by atoms with E-state index < -0.39 is 0 Å². The second kappa shape index (κ2) is 2.46. The summed E-state index contributed by atoms with van der Waals surface area (Å²) >= 11 is 0. The van der Waals surface area contributed by atoms with Gasteiger partial charge in [0.2, 0.25) is 0 Å². The van der Waals surface area contributed by atoms with Crippen molar-refractivity contribution in [3.05, 3.63) is 0 Å². The second-order valence-electron chi connectivity index (χ2n) is 4.03. The normalized spacial score (nSPS) is 34.9. The molecule has 1 aliphatic heterocycles. The van der Waals surface area contributed by atoms with Crippen LogP contribution < -0.4 is 5.32 Å². The lowest BCUT2D eigenvalue weighted by molar-refractivity contribution is 0.337. The second-order valence-corrected chi connectivity index (χ2v) is 4.03. The molecule has 1 N–H and O–H groups in total. The fourth-order valence-corrected chi connectivity index (χ4v) is 2.38. The van der Waals surface area contributed by atoms with Crippen LogP contribution in [-0.4, -0.2) is 37.6 Å². The van der Waals surface area contributed by atoms with Crippen molar-refractivity contribution in [1.82, 2.24) is 10.2 Å². The summed E-state index contributed by atoms with van der Waals surface area (Å²) in [6, 6.07) is 0.780. The molecule has 0 aromatic rings. The number of nitrogens with zero attached hydrogens (tertiary/aromatic N) is 1. The summed E-state index contributed by atoms with van der Waals surface area (Å²) in [5.41, 5.74) is 0.699. The Morgan fingerprint density at radius 3 is 2.64 bits per heavy atom. The topological polar surface area (TPSA) is 15.3 Å². The summed E-state index contributed by atoms with van der Waals surface area (Å²) in [6.07, 6.45) is 2.91. The number of rotatable bonds is 2. The molecule has 0 aromatic heterocycles. The van der Waals surface area contributed by atoms with Gasteiger partial charge >= 0.3 is 0 Å². The van der Waals surface area contributed by atoms with Gasteiger partial charge < -0.3 is 10.2 Å². The average molecular weight is 154 g/mol. The van der Waals surface area contributed by atoms with E-state index in [1.807, 2.05) is 0 Å². The molecule has 64 valence electrons. The highest BCUT2D eigenvalue weighted by Crippen LogP contribution is 2.52. The molecule has 1 saturated carbocycles. The fourth-order valence-electron chi connectivity index (χ4n) is 2.38. The third-order valence-corrected chi connectivity index (χ3v) is 3.41. The highest BCUT2D eigenvalue weighted by molar-refractivity contribution is 5.09. The smallest absolute Gasteiger partial charge is 0.0260 e. The third kappa shape index (κ3) is 1.09. The highest BCUT2D eigenvalue weighted by Gasteiger charge is 2.53. The van der Waals surface area contributed by atoms with E-state index in [0.717, 1.165) is 6.04 Å². The molecular formula is C9H18N2. The van der Waals surface area contributed by atoms with Gasteiger partial charge in [-0.25, -0.2) is 0 Å². The van der Waals surface area contributed by atoms with Crippen LogP contribution >= 0.6 is 0 Å². The van der Waals surface area contributed by atoms with E-state index in [1.165, 1.54) is 32.5 Å². The van der Waals surface area contributed by atoms with Gasteiger partial charge in [0.1, 0.15) is 0 Å². The van der Waals surface area contributed by atoms with E-state index in [-0.39, 0.29) is 0 Å². The van der Waals surface area contributed by atoms with Crippen molar-refractivity contribution in [1.29, 1.82) is 0 Å². The monoisotopic (exact) mass is 154 g/mol. The zero-order valence-electron chi connectivity index (χ0n) is 7.56. The summed E-state index contributed by atoms with van der Waals surface area (Å²) in [5, 5.41) is 3.44. The molecule has 2 fully saturated rings. The molecule has 1 heterocycles. The van der Waals surface area contributed by atoms with Crippen molar-refractivity contribution in [2.75, 3.05) is 26.7 Å². The lowest BCUT2D eigenvalue weighted by Crippen LogP contribution is -2.34.